The van der Waals surface area contributed by atoms with Crippen LogP contribution in [0, 0.1) is 27.7 Å². The van der Waals surface area contributed by atoms with Crippen LogP contribution in [0.5, 0.6) is 0 Å². The summed E-state index contributed by atoms with van der Waals surface area (Å²) in [6, 6.07) is 14.9. The first-order valence-corrected chi connectivity index (χ1v) is 10.4. The van der Waals surface area contributed by atoms with Gasteiger partial charge in [0.15, 0.2) is 0 Å². The van der Waals surface area contributed by atoms with E-state index in [-0.39, 0.29) is 17.9 Å². The first kappa shape index (κ1) is 21.3. The van der Waals surface area contributed by atoms with Gasteiger partial charge < -0.3 is 14.8 Å². The zero-order chi connectivity index (χ0) is 23.0. The maximum atomic E-state index is 13.0. The second-order valence-corrected chi connectivity index (χ2v) is 8.20. The van der Waals surface area contributed by atoms with Gasteiger partial charge in [0.05, 0.1) is 23.4 Å². The Labute approximate surface area is 186 Å². The molecule has 0 aliphatic heterocycles. The lowest BCUT2D eigenvalue weighted by Crippen LogP contribution is -2.17. The topological polar surface area (TPSA) is 83.7 Å². The number of aromatic carboxylic acids is 1. The molecule has 4 aromatic rings. The maximum Gasteiger partial charge on any atom is 0.335 e. The van der Waals surface area contributed by atoms with Crippen molar-refractivity contribution >= 4 is 23.2 Å². The van der Waals surface area contributed by atoms with Gasteiger partial charge in [0.1, 0.15) is 5.65 Å². The fraction of sp³-hybridized carbons (Fsp3) is 0.192. The number of aromatic nitrogens is 2. The second-order valence-electron chi connectivity index (χ2n) is 8.20. The number of carbonyl (C=O) groups excluding carboxylic acids is 1. The number of benzene rings is 2. The van der Waals surface area contributed by atoms with E-state index in [1.165, 1.54) is 17.7 Å². The Balaban J connectivity index is 1.73. The summed E-state index contributed by atoms with van der Waals surface area (Å²) in [6.07, 6.45) is 2.03. The monoisotopic (exact) mass is 427 g/mol. The Hall–Kier alpha value is -3.93. The third-order valence-electron chi connectivity index (χ3n) is 5.75. The Morgan fingerprint density at radius 2 is 1.69 bits per heavy atom. The molecule has 0 atom stereocenters. The molecule has 0 unspecified atom stereocenters. The minimum atomic E-state index is -1.03. The smallest absolute Gasteiger partial charge is 0.335 e. The molecule has 4 rings (SSSR count). The van der Waals surface area contributed by atoms with E-state index in [2.05, 4.69) is 31.3 Å². The number of carboxylic acids is 1. The molecule has 0 aliphatic rings. The number of hydrogen-bond acceptors (Lipinski definition) is 3. The molecule has 0 fully saturated rings. The first-order valence-electron chi connectivity index (χ1n) is 10.4. The number of carbonyl (C=O) groups is 2. The number of aryl methyl sites for hydroxylation is 4. The van der Waals surface area contributed by atoms with Crippen molar-refractivity contribution in [2.75, 3.05) is 5.32 Å². The molecule has 6 nitrogen and oxygen atoms in total. The summed E-state index contributed by atoms with van der Waals surface area (Å²) in [6.45, 7) is 7.96. The standard InChI is InChI=1S/C26H25N3O3/c1-15-9-10-29-22(14-24(30)27-21-13-20(26(31)32)8-6-17(21)3)25(28-23(29)11-15)19-7-5-16(2)18(4)12-19/h5-13H,14H2,1-4H3,(H,27,30)(H,31,32). The van der Waals surface area contributed by atoms with Crippen LogP contribution in [-0.2, 0) is 11.2 Å². The fourth-order valence-electron chi connectivity index (χ4n) is 3.72. The normalized spacial score (nSPS) is 11.0. The van der Waals surface area contributed by atoms with Gasteiger partial charge in [-0.25, -0.2) is 9.78 Å². The first-order chi connectivity index (χ1) is 15.2. The lowest BCUT2D eigenvalue weighted by atomic mass is 10.0. The summed E-state index contributed by atoms with van der Waals surface area (Å²) in [7, 11) is 0. The molecule has 0 bridgehead atoms. The second kappa shape index (κ2) is 8.30. The third-order valence-corrected chi connectivity index (χ3v) is 5.75. The zero-order valence-electron chi connectivity index (χ0n) is 18.6. The molecule has 32 heavy (non-hydrogen) atoms. The van der Waals surface area contributed by atoms with Crippen LogP contribution in [0.2, 0.25) is 0 Å². The molecule has 6 heteroatoms. The summed E-state index contributed by atoms with van der Waals surface area (Å²) in [5, 5.41) is 12.1. The van der Waals surface area contributed by atoms with Crippen molar-refractivity contribution in [3.05, 3.63) is 88.2 Å². The number of anilines is 1. The van der Waals surface area contributed by atoms with Crippen LogP contribution in [0.15, 0.2) is 54.7 Å². The molecule has 162 valence electrons. The molecule has 2 N–H and O–H groups in total. The van der Waals surface area contributed by atoms with Gasteiger partial charge in [-0.05, 0) is 80.3 Å². The fourth-order valence-corrected chi connectivity index (χ4v) is 3.72. The highest BCUT2D eigenvalue weighted by molar-refractivity contribution is 5.96. The SMILES string of the molecule is Cc1ccn2c(CC(=O)Nc3cc(C(=O)O)ccc3C)c(-c3ccc(C)c(C)c3)nc2c1. The summed E-state index contributed by atoms with van der Waals surface area (Å²) in [5.74, 6) is -1.27. The highest BCUT2D eigenvalue weighted by Crippen LogP contribution is 2.28. The van der Waals surface area contributed by atoms with E-state index in [0.29, 0.717) is 5.69 Å². The average Bonchev–Trinajstić information content (AvgIpc) is 3.08. The number of hydrogen-bond donors (Lipinski definition) is 2. The molecule has 2 aromatic heterocycles. The zero-order valence-corrected chi connectivity index (χ0v) is 18.6. The molecule has 0 spiro atoms. The molecule has 0 saturated carbocycles. The quantitative estimate of drug-likeness (QED) is 0.463. The van der Waals surface area contributed by atoms with E-state index < -0.39 is 5.97 Å². The number of nitrogens with zero attached hydrogens (tertiary/aromatic N) is 2. The lowest BCUT2D eigenvalue weighted by Gasteiger charge is -2.11. The van der Waals surface area contributed by atoms with Crippen LogP contribution in [0.1, 0.15) is 38.3 Å². The Morgan fingerprint density at radius 1 is 0.938 bits per heavy atom. The summed E-state index contributed by atoms with van der Waals surface area (Å²) in [5.41, 5.74) is 8.16. The molecule has 1 amide bonds. The highest BCUT2D eigenvalue weighted by Gasteiger charge is 2.18. The summed E-state index contributed by atoms with van der Waals surface area (Å²) in [4.78, 5) is 29.2. The number of nitrogens with one attached hydrogen (secondary N) is 1. The van der Waals surface area contributed by atoms with Gasteiger partial charge in [0, 0.05) is 17.4 Å². The van der Waals surface area contributed by atoms with Crippen molar-refractivity contribution in [2.24, 2.45) is 0 Å². The Kier molecular flexibility index (Phi) is 5.53. The van der Waals surface area contributed by atoms with E-state index in [1.54, 1.807) is 6.07 Å². The van der Waals surface area contributed by atoms with Gasteiger partial charge in [-0.2, -0.15) is 0 Å². The molecular weight excluding hydrogens is 402 g/mol. The molecular formula is C26H25N3O3. The third kappa shape index (κ3) is 4.12. The van der Waals surface area contributed by atoms with Crippen LogP contribution >= 0.6 is 0 Å². The predicted molar refractivity (Wildman–Crippen MR) is 125 cm³/mol. The van der Waals surface area contributed by atoms with E-state index in [9.17, 15) is 14.7 Å². The van der Waals surface area contributed by atoms with Crippen molar-refractivity contribution in [1.29, 1.82) is 0 Å². The van der Waals surface area contributed by atoms with E-state index in [1.807, 2.05) is 42.6 Å². The molecule has 2 aromatic carbocycles. The van der Waals surface area contributed by atoms with E-state index in [0.717, 1.165) is 39.3 Å². The number of amides is 1. The van der Waals surface area contributed by atoms with Gasteiger partial charge >= 0.3 is 5.97 Å². The van der Waals surface area contributed by atoms with Crippen molar-refractivity contribution in [2.45, 2.75) is 34.1 Å². The van der Waals surface area contributed by atoms with Gasteiger partial charge in [-0.3, -0.25) is 4.79 Å². The molecule has 0 aliphatic carbocycles. The summed E-state index contributed by atoms with van der Waals surface area (Å²) >= 11 is 0. The number of imidazole rings is 1. The minimum absolute atomic E-state index is 0.100. The molecule has 2 heterocycles. The van der Waals surface area contributed by atoms with Gasteiger partial charge in [0.25, 0.3) is 0 Å². The van der Waals surface area contributed by atoms with Gasteiger partial charge in [-0.15, -0.1) is 0 Å². The number of fused-ring (bicyclic) bond motifs is 1. The van der Waals surface area contributed by atoms with Crippen molar-refractivity contribution < 1.29 is 14.7 Å². The maximum absolute atomic E-state index is 13.0. The number of pyridine rings is 1. The van der Waals surface area contributed by atoms with Crippen LogP contribution in [-0.4, -0.2) is 26.4 Å². The number of rotatable bonds is 5. The predicted octanol–water partition coefficient (Wildman–Crippen LogP) is 5.11. The summed E-state index contributed by atoms with van der Waals surface area (Å²) < 4.78 is 1.94. The van der Waals surface area contributed by atoms with Crippen LogP contribution in [0.3, 0.4) is 0 Å². The van der Waals surface area contributed by atoms with Gasteiger partial charge in [-0.1, -0.05) is 18.2 Å². The van der Waals surface area contributed by atoms with Crippen molar-refractivity contribution in [3.63, 3.8) is 0 Å². The highest BCUT2D eigenvalue weighted by atomic mass is 16.4. The van der Waals surface area contributed by atoms with E-state index in [4.69, 9.17) is 4.98 Å². The molecule has 0 radical (unpaired) electrons. The largest absolute Gasteiger partial charge is 0.478 e. The molecule has 0 saturated heterocycles. The number of carboxylic acid groups (broad SMARTS) is 1. The van der Waals surface area contributed by atoms with Crippen molar-refractivity contribution in [1.82, 2.24) is 9.38 Å². The Morgan fingerprint density at radius 3 is 2.41 bits per heavy atom. The van der Waals surface area contributed by atoms with E-state index >= 15 is 0 Å². The van der Waals surface area contributed by atoms with Gasteiger partial charge in [0.2, 0.25) is 5.91 Å². The minimum Gasteiger partial charge on any atom is -0.478 e. The average molecular weight is 428 g/mol. The Bertz CT molecular complexity index is 1370. The van der Waals surface area contributed by atoms with Crippen LogP contribution in [0.4, 0.5) is 5.69 Å². The van der Waals surface area contributed by atoms with Crippen LogP contribution in [0.25, 0.3) is 16.9 Å². The van der Waals surface area contributed by atoms with Crippen LogP contribution < -0.4 is 5.32 Å². The lowest BCUT2D eigenvalue weighted by molar-refractivity contribution is -0.115. The van der Waals surface area contributed by atoms with Crippen molar-refractivity contribution in [3.8, 4) is 11.3 Å².